The fourth-order valence-corrected chi connectivity index (χ4v) is 3.63. The average Bonchev–Trinajstić information content (AvgIpc) is 3.27. The van der Waals surface area contributed by atoms with Crippen molar-refractivity contribution in [1.82, 2.24) is 24.7 Å². The molecule has 0 amide bonds. The van der Waals surface area contributed by atoms with Gasteiger partial charge in [0.05, 0.1) is 30.4 Å². The van der Waals surface area contributed by atoms with Crippen LogP contribution in [0, 0.1) is 12.7 Å². The third-order valence-corrected chi connectivity index (χ3v) is 5.47. The van der Waals surface area contributed by atoms with E-state index in [1.54, 1.807) is 0 Å². The summed E-state index contributed by atoms with van der Waals surface area (Å²) in [6.45, 7) is 1.38. The van der Waals surface area contributed by atoms with Gasteiger partial charge in [-0.3, -0.25) is 0 Å². The van der Waals surface area contributed by atoms with E-state index in [-0.39, 0.29) is 50.9 Å². The van der Waals surface area contributed by atoms with E-state index in [1.807, 2.05) is 0 Å². The zero-order chi connectivity index (χ0) is 27.8. The lowest BCUT2D eigenvalue weighted by atomic mass is 10.1. The van der Waals surface area contributed by atoms with Gasteiger partial charge in [0.25, 0.3) is 0 Å². The highest BCUT2D eigenvalue weighted by atomic mass is 35.5. The van der Waals surface area contributed by atoms with Gasteiger partial charge in [-0.2, -0.15) is 28.2 Å². The average molecular weight is 553 g/mol. The Morgan fingerprint density at radius 2 is 1.79 bits per heavy atom. The number of aryl methyl sites for hydroxylation is 1. The molecule has 198 valence electrons. The Morgan fingerprint density at radius 3 is 2.37 bits per heavy atom. The number of nitrogens with zero attached hydrogens (tertiary/aromatic N) is 5. The molecule has 15 heteroatoms. The van der Waals surface area contributed by atoms with E-state index in [0.717, 1.165) is 16.8 Å². The molecule has 0 spiro atoms. The predicted molar refractivity (Wildman–Crippen MR) is 127 cm³/mol. The molecular formula is C23H17ClF4N6O4. The molecule has 10 nitrogen and oxygen atoms in total. The number of rotatable bonds is 7. The fourth-order valence-electron chi connectivity index (χ4n) is 3.45. The lowest BCUT2D eigenvalue weighted by Crippen LogP contribution is -2.11. The topological polar surface area (TPSA) is 124 Å². The standard InChI is InChI=1S/C23H17ClF4N6O4/c1-10-6-17(23(26,27)28)33-34(10)18-14(12-8-13(21(35)36)20(38-3)32-19(12)37-2)9-29-22(31-18)30-11-4-5-16(25)15(24)7-11/h4-9H,1-3H3,(H,35,36)(H,29,30,31). The van der Waals surface area contributed by atoms with Gasteiger partial charge in [0.15, 0.2) is 11.5 Å². The quantitative estimate of drug-likeness (QED) is 0.294. The second kappa shape index (κ2) is 10.1. The normalized spacial score (nSPS) is 11.4. The number of methoxy groups -OCH3 is 2. The number of carboxylic acid groups (broad SMARTS) is 1. The molecule has 4 rings (SSSR count). The van der Waals surface area contributed by atoms with E-state index in [4.69, 9.17) is 21.1 Å². The van der Waals surface area contributed by atoms with Gasteiger partial charge in [-0.25, -0.2) is 18.9 Å². The maximum Gasteiger partial charge on any atom is 0.435 e. The van der Waals surface area contributed by atoms with Gasteiger partial charge < -0.3 is 19.9 Å². The summed E-state index contributed by atoms with van der Waals surface area (Å²) < 4.78 is 65.1. The Bertz CT molecular complexity index is 1540. The maximum atomic E-state index is 13.6. The van der Waals surface area contributed by atoms with Crippen molar-refractivity contribution in [1.29, 1.82) is 0 Å². The van der Waals surface area contributed by atoms with Crippen molar-refractivity contribution in [3.63, 3.8) is 0 Å². The molecule has 0 aliphatic rings. The van der Waals surface area contributed by atoms with Crippen LogP contribution in [0.1, 0.15) is 21.7 Å². The molecule has 0 aliphatic heterocycles. The third-order valence-electron chi connectivity index (χ3n) is 5.18. The minimum absolute atomic E-state index is 0.0422. The van der Waals surface area contributed by atoms with Crippen molar-refractivity contribution in [2.45, 2.75) is 13.1 Å². The monoisotopic (exact) mass is 552 g/mol. The SMILES string of the molecule is COc1nc(OC)c(-c2cnc(Nc3ccc(F)c(Cl)c3)nc2-n2nc(C(F)(F)F)cc2C)cc1C(=O)O. The van der Waals surface area contributed by atoms with Crippen molar-refractivity contribution in [3.05, 3.63) is 64.3 Å². The number of nitrogens with one attached hydrogen (secondary N) is 1. The zero-order valence-electron chi connectivity index (χ0n) is 19.8. The Kier molecular flexibility index (Phi) is 7.09. The summed E-state index contributed by atoms with van der Waals surface area (Å²) >= 11 is 5.82. The first-order valence-corrected chi connectivity index (χ1v) is 10.9. The Morgan fingerprint density at radius 1 is 1.08 bits per heavy atom. The first-order valence-electron chi connectivity index (χ1n) is 10.5. The highest BCUT2D eigenvalue weighted by Crippen LogP contribution is 2.37. The summed E-state index contributed by atoms with van der Waals surface area (Å²) in [7, 11) is 2.48. The molecule has 4 aromatic rings. The smallest absolute Gasteiger partial charge is 0.435 e. The van der Waals surface area contributed by atoms with Gasteiger partial charge in [0.1, 0.15) is 11.4 Å². The number of benzene rings is 1. The van der Waals surface area contributed by atoms with Gasteiger partial charge in [0, 0.05) is 17.6 Å². The number of hydrogen-bond donors (Lipinski definition) is 2. The van der Waals surface area contributed by atoms with Crippen LogP contribution in [0.4, 0.5) is 29.2 Å². The molecule has 0 radical (unpaired) electrons. The highest BCUT2D eigenvalue weighted by molar-refractivity contribution is 6.31. The van der Waals surface area contributed by atoms with E-state index in [0.29, 0.717) is 5.69 Å². The van der Waals surface area contributed by atoms with Crippen LogP contribution in [0.2, 0.25) is 5.02 Å². The number of carboxylic acids is 1. The Balaban J connectivity index is 1.95. The lowest BCUT2D eigenvalue weighted by molar-refractivity contribution is -0.141. The molecule has 0 saturated heterocycles. The summed E-state index contributed by atoms with van der Waals surface area (Å²) in [4.78, 5) is 24.4. The number of carbonyl (C=O) groups is 1. The largest absolute Gasteiger partial charge is 0.480 e. The number of anilines is 2. The molecule has 38 heavy (non-hydrogen) atoms. The first-order chi connectivity index (χ1) is 17.9. The molecule has 0 aliphatic carbocycles. The van der Waals surface area contributed by atoms with Crippen LogP contribution in [0.5, 0.6) is 11.8 Å². The summed E-state index contributed by atoms with van der Waals surface area (Å²) in [6, 6.07) is 5.73. The van der Waals surface area contributed by atoms with Gasteiger partial charge in [0.2, 0.25) is 17.7 Å². The minimum atomic E-state index is -4.75. The number of pyridine rings is 1. The Labute approximate surface area is 216 Å². The summed E-state index contributed by atoms with van der Waals surface area (Å²) in [6.07, 6.45) is -3.52. The van der Waals surface area contributed by atoms with E-state index in [9.17, 15) is 27.5 Å². The van der Waals surface area contributed by atoms with Gasteiger partial charge >= 0.3 is 12.1 Å². The number of aromatic nitrogens is 5. The van der Waals surface area contributed by atoms with Crippen molar-refractivity contribution in [2.24, 2.45) is 0 Å². The zero-order valence-corrected chi connectivity index (χ0v) is 20.5. The molecule has 3 heterocycles. The maximum absolute atomic E-state index is 13.6. The summed E-state index contributed by atoms with van der Waals surface area (Å²) in [5.41, 5.74) is -1.08. The van der Waals surface area contributed by atoms with Crippen LogP contribution >= 0.6 is 11.6 Å². The van der Waals surface area contributed by atoms with E-state index in [1.165, 1.54) is 45.5 Å². The second-order valence-electron chi connectivity index (χ2n) is 7.67. The van der Waals surface area contributed by atoms with Gasteiger partial charge in [-0.1, -0.05) is 11.6 Å². The summed E-state index contributed by atoms with van der Waals surface area (Å²) in [5, 5.41) is 15.9. The minimum Gasteiger partial charge on any atom is -0.480 e. The molecule has 0 fully saturated rings. The molecule has 0 atom stereocenters. The predicted octanol–water partition coefficient (Wildman–Crippen LogP) is 5.30. The molecule has 3 aromatic heterocycles. The Hall–Kier alpha value is -4.46. The number of hydrogen-bond acceptors (Lipinski definition) is 8. The van der Waals surface area contributed by atoms with E-state index in [2.05, 4.69) is 25.4 Å². The summed E-state index contributed by atoms with van der Waals surface area (Å²) in [5.74, 6) is -2.65. The van der Waals surface area contributed by atoms with Crippen LogP contribution in [0.15, 0.2) is 36.5 Å². The molecule has 0 unspecified atom stereocenters. The first kappa shape index (κ1) is 26.6. The molecule has 0 bridgehead atoms. The number of halogens is 5. The van der Waals surface area contributed by atoms with Crippen molar-refractivity contribution >= 4 is 29.2 Å². The number of ether oxygens (including phenoxy) is 2. The van der Waals surface area contributed by atoms with Crippen LogP contribution in [-0.2, 0) is 6.18 Å². The van der Waals surface area contributed by atoms with Crippen molar-refractivity contribution in [3.8, 4) is 28.7 Å². The molecule has 2 N–H and O–H groups in total. The van der Waals surface area contributed by atoms with Gasteiger partial charge in [-0.15, -0.1) is 0 Å². The van der Waals surface area contributed by atoms with Crippen molar-refractivity contribution < 1.29 is 36.9 Å². The molecule has 0 saturated carbocycles. The van der Waals surface area contributed by atoms with Crippen molar-refractivity contribution in [2.75, 3.05) is 19.5 Å². The lowest BCUT2D eigenvalue weighted by Gasteiger charge is -2.16. The van der Waals surface area contributed by atoms with Crippen LogP contribution in [0.25, 0.3) is 16.9 Å². The fraction of sp³-hybridized carbons (Fsp3) is 0.174. The number of aromatic carboxylic acids is 1. The van der Waals surface area contributed by atoms with E-state index >= 15 is 0 Å². The van der Waals surface area contributed by atoms with Crippen LogP contribution < -0.4 is 14.8 Å². The number of alkyl halides is 3. The van der Waals surface area contributed by atoms with Gasteiger partial charge in [-0.05, 0) is 37.3 Å². The highest BCUT2D eigenvalue weighted by Gasteiger charge is 2.35. The van der Waals surface area contributed by atoms with Crippen LogP contribution in [-0.4, -0.2) is 50.0 Å². The molecule has 1 aromatic carbocycles. The van der Waals surface area contributed by atoms with Crippen LogP contribution in [0.3, 0.4) is 0 Å². The molecular weight excluding hydrogens is 536 g/mol. The third kappa shape index (κ3) is 5.16. The second-order valence-corrected chi connectivity index (χ2v) is 8.08. The van der Waals surface area contributed by atoms with E-state index < -0.39 is 23.7 Å².